The standard InChI is InChI=1S/C15H18Cl2N4O3S/c1-9-15(25(23,24)20(3)4)10(2)21(19-9)8-14(22)18-11-5-6-12(16)13(17)7-11/h5-7H,8H2,1-4H3,(H,18,22). The molecule has 7 nitrogen and oxygen atoms in total. The zero-order chi connectivity index (χ0) is 18.9. The first-order chi connectivity index (χ1) is 11.5. The van der Waals surface area contributed by atoms with Crippen molar-refractivity contribution in [1.29, 1.82) is 0 Å². The van der Waals surface area contributed by atoms with Gasteiger partial charge in [0.1, 0.15) is 11.4 Å². The summed E-state index contributed by atoms with van der Waals surface area (Å²) in [4.78, 5) is 12.3. The highest BCUT2D eigenvalue weighted by molar-refractivity contribution is 7.89. The van der Waals surface area contributed by atoms with Crippen LogP contribution in [0.15, 0.2) is 23.1 Å². The van der Waals surface area contributed by atoms with Gasteiger partial charge in [0.15, 0.2) is 0 Å². The monoisotopic (exact) mass is 404 g/mol. The summed E-state index contributed by atoms with van der Waals surface area (Å²) in [6.07, 6.45) is 0. The van der Waals surface area contributed by atoms with Crippen molar-refractivity contribution in [2.45, 2.75) is 25.3 Å². The maximum absolute atomic E-state index is 12.4. The molecule has 0 fully saturated rings. The Labute approximate surface area is 156 Å². The highest BCUT2D eigenvalue weighted by atomic mass is 35.5. The van der Waals surface area contributed by atoms with Crippen molar-refractivity contribution in [3.8, 4) is 0 Å². The summed E-state index contributed by atoms with van der Waals surface area (Å²) in [5, 5.41) is 7.56. The largest absolute Gasteiger partial charge is 0.324 e. The van der Waals surface area contributed by atoms with Gasteiger partial charge in [-0.2, -0.15) is 5.10 Å². The Morgan fingerprint density at radius 3 is 2.44 bits per heavy atom. The van der Waals surface area contributed by atoms with Crippen LogP contribution in [-0.2, 0) is 21.4 Å². The Balaban J connectivity index is 2.23. The maximum atomic E-state index is 12.4. The molecular weight excluding hydrogens is 387 g/mol. The summed E-state index contributed by atoms with van der Waals surface area (Å²) in [6.45, 7) is 3.08. The number of benzene rings is 1. The van der Waals surface area contributed by atoms with Crippen molar-refractivity contribution in [2.24, 2.45) is 0 Å². The number of hydrogen-bond acceptors (Lipinski definition) is 4. The first-order valence-corrected chi connectivity index (χ1v) is 9.45. The van der Waals surface area contributed by atoms with Crippen LogP contribution < -0.4 is 5.32 Å². The average Bonchev–Trinajstić information content (AvgIpc) is 2.77. The van der Waals surface area contributed by atoms with Gasteiger partial charge in [-0.1, -0.05) is 23.2 Å². The van der Waals surface area contributed by atoms with Crippen LogP contribution in [0.3, 0.4) is 0 Å². The summed E-state index contributed by atoms with van der Waals surface area (Å²) in [7, 11) is -0.742. The van der Waals surface area contributed by atoms with Gasteiger partial charge in [-0.3, -0.25) is 9.48 Å². The van der Waals surface area contributed by atoms with Crippen LogP contribution in [0.4, 0.5) is 5.69 Å². The number of sulfonamides is 1. The third-order valence-corrected chi connectivity index (χ3v) is 6.36. The van der Waals surface area contributed by atoms with Crippen molar-refractivity contribution >= 4 is 44.8 Å². The number of carbonyl (C=O) groups excluding carboxylic acids is 1. The van der Waals surface area contributed by atoms with E-state index in [-0.39, 0.29) is 17.3 Å². The van der Waals surface area contributed by atoms with Gasteiger partial charge in [0.25, 0.3) is 0 Å². The molecule has 1 amide bonds. The number of nitrogens with one attached hydrogen (secondary N) is 1. The van der Waals surface area contributed by atoms with E-state index in [0.29, 0.717) is 27.1 Å². The summed E-state index contributed by atoms with van der Waals surface area (Å²) in [5.41, 5.74) is 1.23. The quantitative estimate of drug-likeness (QED) is 0.829. The smallest absolute Gasteiger partial charge is 0.246 e. The first kappa shape index (κ1) is 19.7. The molecule has 0 aliphatic carbocycles. The molecule has 0 unspecified atom stereocenters. The van der Waals surface area contributed by atoms with Gasteiger partial charge in [-0.05, 0) is 32.0 Å². The number of halogens is 2. The van der Waals surface area contributed by atoms with Crippen LogP contribution in [0.2, 0.25) is 10.0 Å². The van der Waals surface area contributed by atoms with E-state index in [4.69, 9.17) is 23.2 Å². The third kappa shape index (κ3) is 4.14. The molecule has 0 radical (unpaired) electrons. The van der Waals surface area contributed by atoms with Gasteiger partial charge in [0.05, 0.1) is 21.4 Å². The Morgan fingerprint density at radius 2 is 1.88 bits per heavy atom. The lowest BCUT2D eigenvalue weighted by Gasteiger charge is -2.12. The van der Waals surface area contributed by atoms with Gasteiger partial charge in [-0.15, -0.1) is 0 Å². The fourth-order valence-electron chi connectivity index (χ4n) is 2.30. The van der Waals surface area contributed by atoms with Gasteiger partial charge < -0.3 is 5.32 Å². The van der Waals surface area contributed by atoms with Crippen LogP contribution in [0.25, 0.3) is 0 Å². The minimum atomic E-state index is -3.64. The molecule has 2 aromatic rings. The summed E-state index contributed by atoms with van der Waals surface area (Å²) in [5.74, 6) is -0.363. The van der Waals surface area contributed by atoms with E-state index in [1.807, 2.05) is 0 Å². The van der Waals surface area contributed by atoms with Crippen molar-refractivity contribution in [2.75, 3.05) is 19.4 Å². The molecule has 0 atom stereocenters. The highest BCUT2D eigenvalue weighted by Gasteiger charge is 2.27. The van der Waals surface area contributed by atoms with Crippen LogP contribution >= 0.6 is 23.2 Å². The zero-order valence-corrected chi connectivity index (χ0v) is 16.5. The number of carbonyl (C=O) groups is 1. The van der Waals surface area contributed by atoms with E-state index in [2.05, 4.69) is 10.4 Å². The van der Waals surface area contributed by atoms with Crippen LogP contribution in [0.5, 0.6) is 0 Å². The molecule has 0 saturated heterocycles. The Morgan fingerprint density at radius 1 is 1.24 bits per heavy atom. The molecular formula is C15H18Cl2N4O3S. The van der Waals surface area contributed by atoms with Gasteiger partial charge >= 0.3 is 0 Å². The minimum Gasteiger partial charge on any atom is -0.324 e. The first-order valence-electron chi connectivity index (χ1n) is 7.25. The molecule has 1 aromatic heterocycles. The minimum absolute atomic E-state index is 0.111. The lowest BCUT2D eigenvalue weighted by Crippen LogP contribution is -2.24. The summed E-state index contributed by atoms with van der Waals surface area (Å²) in [6, 6.07) is 4.73. The second-order valence-electron chi connectivity index (χ2n) is 5.62. The Hall–Kier alpha value is -1.61. The molecule has 1 aromatic carbocycles. The Kier molecular flexibility index (Phi) is 5.78. The van der Waals surface area contributed by atoms with Crippen LogP contribution in [0, 0.1) is 13.8 Å². The van der Waals surface area contributed by atoms with Crippen LogP contribution in [0.1, 0.15) is 11.4 Å². The molecule has 0 aliphatic rings. The van der Waals surface area contributed by atoms with Crippen molar-refractivity contribution in [3.05, 3.63) is 39.6 Å². The molecule has 0 aliphatic heterocycles. The number of rotatable bonds is 5. The SMILES string of the molecule is Cc1nn(CC(=O)Nc2ccc(Cl)c(Cl)c2)c(C)c1S(=O)(=O)N(C)C. The second kappa shape index (κ2) is 7.33. The number of amides is 1. The van der Waals surface area contributed by atoms with Gasteiger partial charge in [-0.25, -0.2) is 12.7 Å². The molecule has 0 saturated carbocycles. The molecule has 136 valence electrons. The highest BCUT2D eigenvalue weighted by Crippen LogP contribution is 2.25. The molecule has 0 bridgehead atoms. The second-order valence-corrected chi connectivity index (χ2v) is 8.53. The van der Waals surface area contributed by atoms with Crippen LogP contribution in [-0.4, -0.2) is 42.5 Å². The molecule has 1 heterocycles. The number of nitrogens with zero attached hydrogens (tertiary/aromatic N) is 3. The van der Waals surface area contributed by atoms with E-state index in [0.717, 1.165) is 4.31 Å². The molecule has 10 heteroatoms. The van der Waals surface area contributed by atoms with E-state index in [1.54, 1.807) is 26.0 Å². The third-order valence-electron chi connectivity index (χ3n) is 3.55. The Bertz CT molecular complexity index is 923. The van der Waals surface area contributed by atoms with E-state index in [1.165, 1.54) is 24.8 Å². The fraction of sp³-hybridized carbons (Fsp3) is 0.333. The predicted molar refractivity (Wildman–Crippen MR) is 97.7 cm³/mol. The number of aromatic nitrogens is 2. The fourth-order valence-corrected chi connectivity index (χ4v) is 3.86. The summed E-state index contributed by atoms with van der Waals surface area (Å²) < 4.78 is 27.2. The van der Waals surface area contributed by atoms with Gasteiger partial charge in [0.2, 0.25) is 15.9 Å². The number of aryl methyl sites for hydroxylation is 1. The van der Waals surface area contributed by atoms with E-state index < -0.39 is 10.0 Å². The normalized spacial score (nSPS) is 11.8. The lowest BCUT2D eigenvalue weighted by atomic mass is 10.3. The lowest BCUT2D eigenvalue weighted by molar-refractivity contribution is -0.116. The molecule has 2 rings (SSSR count). The van der Waals surface area contributed by atoms with Gasteiger partial charge in [0, 0.05) is 19.8 Å². The molecule has 25 heavy (non-hydrogen) atoms. The van der Waals surface area contributed by atoms with Crippen molar-refractivity contribution in [1.82, 2.24) is 14.1 Å². The number of anilines is 1. The topological polar surface area (TPSA) is 84.3 Å². The zero-order valence-electron chi connectivity index (χ0n) is 14.2. The molecule has 1 N–H and O–H groups in total. The predicted octanol–water partition coefficient (Wildman–Crippen LogP) is 2.70. The van der Waals surface area contributed by atoms with E-state index >= 15 is 0 Å². The summed E-state index contributed by atoms with van der Waals surface area (Å²) >= 11 is 11.8. The molecule has 0 spiro atoms. The van der Waals surface area contributed by atoms with Crippen molar-refractivity contribution in [3.63, 3.8) is 0 Å². The van der Waals surface area contributed by atoms with Crippen molar-refractivity contribution < 1.29 is 13.2 Å². The maximum Gasteiger partial charge on any atom is 0.246 e. The number of hydrogen-bond donors (Lipinski definition) is 1. The average molecular weight is 405 g/mol. The van der Waals surface area contributed by atoms with E-state index in [9.17, 15) is 13.2 Å².